The zero-order valence-electron chi connectivity index (χ0n) is 21.7. The summed E-state index contributed by atoms with van der Waals surface area (Å²) in [5, 5.41) is 6.20. The molecule has 2 N–H and O–H groups in total. The molecule has 5 rings (SSSR count). The molecule has 1 unspecified atom stereocenters. The zero-order chi connectivity index (χ0) is 27.1. The molecular formula is C26H36ClFN6O3S. The highest BCUT2D eigenvalue weighted by Gasteiger charge is 2.59. The lowest BCUT2D eigenvalue weighted by Crippen LogP contribution is -2.51. The van der Waals surface area contributed by atoms with Crippen molar-refractivity contribution in [3.05, 3.63) is 22.8 Å². The Morgan fingerprint density at radius 1 is 1.18 bits per heavy atom. The molecule has 1 aromatic rings. The Labute approximate surface area is 233 Å². The molecule has 1 atom stereocenters. The number of halogens is 2. The summed E-state index contributed by atoms with van der Waals surface area (Å²) in [5.41, 5.74) is -0.395. The van der Waals surface area contributed by atoms with Gasteiger partial charge < -0.3 is 15.5 Å². The van der Waals surface area contributed by atoms with Crippen molar-refractivity contribution >= 4 is 48.1 Å². The van der Waals surface area contributed by atoms with Crippen LogP contribution in [-0.4, -0.2) is 77.1 Å². The van der Waals surface area contributed by atoms with E-state index >= 15 is 0 Å². The number of rotatable bonds is 7. The maximum Gasteiger partial charge on any atom is 0.333 e. The van der Waals surface area contributed by atoms with Crippen LogP contribution in [0.3, 0.4) is 0 Å². The lowest BCUT2D eigenvalue weighted by atomic mass is 9.77. The van der Waals surface area contributed by atoms with Crippen molar-refractivity contribution in [2.45, 2.75) is 70.1 Å². The number of nitrogens with zero attached hydrogens (tertiary/aromatic N) is 4. The van der Waals surface area contributed by atoms with Gasteiger partial charge in [-0.15, -0.1) is 0 Å². The molecule has 0 aromatic carbocycles. The molecule has 3 aliphatic carbocycles. The fraction of sp³-hybridized carbons (Fsp3) is 0.692. The van der Waals surface area contributed by atoms with Gasteiger partial charge in [-0.1, -0.05) is 24.4 Å². The fourth-order valence-corrected chi connectivity index (χ4v) is 6.09. The zero-order valence-corrected chi connectivity index (χ0v) is 23.4. The Morgan fingerprint density at radius 2 is 1.87 bits per heavy atom. The van der Waals surface area contributed by atoms with Crippen molar-refractivity contribution in [2.75, 3.05) is 37.0 Å². The van der Waals surface area contributed by atoms with Gasteiger partial charge in [0.05, 0.1) is 11.6 Å². The van der Waals surface area contributed by atoms with E-state index in [1.807, 2.05) is 0 Å². The number of anilines is 1. The Hall–Kier alpha value is -2.11. The summed E-state index contributed by atoms with van der Waals surface area (Å²) in [6.45, 7) is 4.49. The molecule has 1 aliphatic heterocycles. The van der Waals surface area contributed by atoms with Gasteiger partial charge in [-0.3, -0.25) is 14.5 Å². The van der Waals surface area contributed by atoms with Gasteiger partial charge in [-0.05, 0) is 63.4 Å². The summed E-state index contributed by atoms with van der Waals surface area (Å²) in [4.78, 5) is 46.2. The second-order valence-electron chi connectivity index (χ2n) is 11.6. The molecule has 9 nitrogen and oxygen atoms in total. The minimum atomic E-state index is -1.12. The molecule has 3 saturated carbocycles. The predicted molar refractivity (Wildman–Crippen MR) is 146 cm³/mol. The third-order valence-corrected chi connectivity index (χ3v) is 9.11. The van der Waals surface area contributed by atoms with Crippen LogP contribution in [0.25, 0.3) is 0 Å². The van der Waals surface area contributed by atoms with Crippen LogP contribution in [0.4, 0.5) is 15.0 Å². The van der Waals surface area contributed by atoms with E-state index in [9.17, 15) is 18.8 Å². The molecule has 1 spiro atoms. The number of amides is 4. The van der Waals surface area contributed by atoms with Crippen LogP contribution < -0.4 is 14.9 Å². The van der Waals surface area contributed by atoms with Crippen LogP contribution in [-0.2, 0) is 16.1 Å². The number of carbonyl (C=O) groups excluding carboxylic acids is 3. The van der Waals surface area contributed by atoms with E-state index in [0.29, 0.717) is 56.4 Å². The maximum atomic E-state index is 14.1. The monoisotopic (exact) mass is 566 g/mol. The standard InChI is InChI=1S/C26H36ClFN6O3S/c1-25(28)4-6-26(7-5-25)13-20(26)23(36)30-15-21(35)33-10-8-32(9-11-33)16-17-12-18(27)14-29-22(17)34(38)24(37)31-19-2-3-19/h12,14,19-20,38H,2-11,13,15-16H2,1H3,(H,30,36)(H,31,37). The average Bonchev–Trinajstić information content (AvgIpc) is 3.82. The molecular weight excluding hydrogens is 531 g/mol. The summed E-state index contributed by atoms with van der Waals surface area (Å²) in [6.07, 6.45) is 6.74. The summed E-state index contributed by atoms with van der Waals surface area (Å²) in [6, 6.07) is 1.68. The second kappa shape index (κ2) is 10.8. The molecule has 0 bridgehead atoms. The highest BCUT2D eigenvalue weighted by molar-refractivity contribution is 7.82. The normalized spacial score (nSPS) is 29.2. The van der Waals surface area contributed by atoms with Crippen LogP contribution in [0.1, 0.15) is 57.4 Å². The predicted octanol–water partition coefficient (Wildman–Crippen LogP) is 3.33. The topological polar surface area (TPSA) is 97.9 Å². The van der Waals surface area contributed by atoms with Gasteiger partial charge in [-0.25, -0.2) is 18.5 Å². The van der Waals surface area contributed by atoms with Gasteiger partial charge in [0.15, 0.2) is 5.82 Å². The number of nitrogens with one attached hydrogen (secondary N) is 2. The van der Waals surface area contributed by atoms with Gasteiger partial charge in [0.25, 0.3) is 0 Å². The van der Waals surface area contributed by atoms with E-state index in [1.165, 1.54) is 10.5 Å². The molecule has 4 fully saturated rings. The minimum Gasteiger partial charge on any atom is -0.347 e. The molecule has 2 heterocycles. The molecule has 4 aliphatic rings. The SMILES string of the molecule is CC1(F)CCC2(CC1)CC2C(=O)NCC(=O)N1CCN(Cc2cc(Cl)cnc2N(S)C(=O)NC2CC2)CC1. The van der Waals surface area contributed by atoms with Crippen LogP contribution in [0.5, 0.6) is 0 Å². The largest absolute Gasteiger partial charge is 0.347 e. The minimum absolute atomic E-state index is 0.0146. The van der Waals surface area contributed by atoms with Crippen LogP contribution in [0.15, 0.2) is 12.3 Å². The van der Waals surface area contributed by atoms with Gasteiger partial charge in [0.2, 0.25) is 11.8 Å². The van der Waals surface area contributed by atoms with Crippen molar-refractivity contribution in [3.8, 4) is 0 Å². The number of carbonyl (C=O) groups is 3. The first kappa shape index (κ1) is 27.5. The Morgan fingerprint density at radius 3 is 2.53 bits per heavy atom. The first-order chi connectivity index (χ1) is 18.1. The number of pyridine rings is 1. The third kappa shape index (κ3) is 6.37. The number of urea groups is 1. The molecule has 38 heavy (non-hydrogen) atoms. The van der Waals surface area contributed by atoms with Gasteiger partial charge >= 0.3 is 6.03 Å². The van der Waals surface area contributed by atoms with Gasteiger partial charge in [0.1, 0.15) is 5.67 Å². The van der Waals surface area contributed by atoms with Crippen molar-refractivity contribution in [1.82, 2.24) is 25.4 Å². The highest BCUT2D eigenvalue weighted by atomic mass is 35.5. The third-order valence-electron chi connectivity index (χ3n) is 8.53. The highest BCUT2D eigenvalue weighted by Crippen LogP contribution is 2.63. The molecule has 12 heteroatoms. The summed E-state index contributed by atoms with van der Waals surface area (Å²) >= 11 is 10.6. The van der Waals surface area contributed by atoms with E-state index in [2.05, 4.69) is 33.3 Å². The Kier molecular flexibility index (Phi) is 7.81. The smallest absolute Gasteiger partial charge is 0.333 e. The van der Waals surface area contributed by atoms with E-state index in [-0.39, 0.29) is 41.8 Å². The van der Waals surface area contributed by atoms with Gasteiger partial charge in [-0.2, -0.15) is 0 Å². The summed E-state index contributed by atoms with van der Waals surface area (Å²) < 4.78 is 15.4. The van der Waals surface area contributed by atoms with Gasteiger partial charge in [0, 0.05) is 56.4 Å². The number of aromatic nitrogens is 1. The van der Waals surface area contributed by atoms with Crippen molar-refractivity contribution in [3.63, 3.8) is 0 Å². The quantitative estimate of drug-likeness (QED) is 0.440. The maximum absolute atomic E-state index is 14.1. The fourth-order valence-electron chi connectivity index (χ4n) is 5.67. The summed E-state index contributed by atoms with van der Waals surface area (Å²) in [7, 11) is 0. The van der Waals surface area contributed by atoms with E-state index in [0.717, 1.165) is 37.7 Å². The lowest BCUT2D eigenvalue weighted by Gasteiger charge is -2.35. The van der Waals surface area contributed by atoms with Crippen molar-refractivity contribution in [2.24, 2.45) is 11.3 Å². The van der Waals surface area contributed by atoms with Crippen LogP contribution in [0, 0.1) is 11.3 Å². The number of thiol groups is 1. The number of alkyl halides is 1. The van der Waals surface area contributed by atoms with E-state index in [1.54, 1.807) is 17.9 Å². The Bertz CT molecular complexity index is 1080. The molecule has 4 amide bonds. The van der Waals surface area contributed by atoms with Crippen LogP contribution in [0.2, 0.25) is 5.02 Å². The summed E-state index contributed by atoms with van der Waals surface area (Å²) in [5.74, 6) is 0.157. The first-order valence-electron chi connectivity index (χ1n) is 13.5. The van der Waals surface area contributed by atoms with Crippen LogP contribution >= 0.6 is 24.4 Å². The molecule has 0 radical (unpaired) electrons. The molecule has 1 saturated heterocycles. The second-order valence-corrected chi connectivity index (χ2v) is 12.4. The van der Waals surface area contributed by atoms with Crippen molar-refractivity contribution < 1.29 is 18.8 Å². The molecule has 208 valence electrons. The Balaban J connectivity index is 1.07. The average molecular weight is 567 g/mol. The first-order valence-corrected chi connectivity index (χ1v) is 14.2. The lowest BCUT2D eigenvalue weighted by molar-refractivity contribution is -0.134. The number of hydrogen-bond donors (Lipinski definition) is 3. The number of hydrogen-bond acceptors (Lipinski definition) is 6. The number of piperazine rings is 1. The molecule has 1 aromatic heterocycles. The van der Waals surface area contributed by atoms with E-state index in [4.69, 9.17) is 11.6 Å². The van der Waals surface area contributed by atoms with Crippen molar-refractivity contribution in [1.29, 1.82) is 0 Å². The van der Waals surface area contributed by atoms with E-state index < -0.39 is 5.67 Å².